The SMILES string of the molecule is CCCNC1(C#N)CCCC(N(CC)CC2CCCO2)C1. The third-order valence-electron chi connectivity index (χ3n) is 5.04. The fraction of sp³-hybridized carbons (Fsp3) is 0.941. The van der Waals surface area contributed by atoms with Crippen LogP contribution in [0.15, 0.2) is 0 Å². The van der Waals surface area contributed by atoms with Gasteiger partial charge in [-0.05, 0) is 58.0 Å². The fourth-order valence-electron chi connectivity index (χ4n) is 3.81. The van der Waals surface area contributed by atoms with Gasteiger partial charge in [-0.1, -0.05) is 13.8 Å². The van der Waals surface area contributed by atoms with Gasteiger partial charge in [0.05, 0.1) is 12.2 Å². The van der Waals surface area contributed by atoms with Gasteiger partial charge in [0.2, 0.25) is 0 Å². The van der Waals surface area contributed by atoms with Crippen molar-refractivity contribution in [3.05, 3.63) is 0 Å². The Labute approximate surface area is 129 Å². The van der Waals surface area contributed by atoms with E-state index in [0.29, 0.717) is 12.1 Å². The van der Waals surface area contributed by atoms with Crippen LogP contribution in [0.25, 0.3) is 0 Å². The molecule has 120 valence electrons. The van der Waals surface area contributed by atoms with Gasteiger partial charge in [-0.2, -0.15) is 5.26 Å². The second-order valence-electron chi connectivity index (χ2n) is 6.59. The Morgan fingerprint density at radius 3 is 2.81 bits per heavy atom. The molecule has 1 N–H and O–H groups in total. The van der Waals surface area contributed by atoms with E-state index in [2.05, 4.69) is 30.1 Å². The molecule has 1 heterocycles. The highest BCUT2D eigenvalue weighted by Crippen LogP contribution is 2.31. The summed E-state index contributed by atoms with van der Waals surface area (Å²) in [6.45, 7) is 8.35. The Hall–Kier alpha value is -0.630. The van der Waals surface area contributed by atoms with Crippen molar-refractivity contribution < 1.29 is 4.74 Å². The first-order chi connectivity index (χ1) is 10.2. The van der Waals surface area contributed by atoms with Crippen LogP contribution >= 0.6 is 0 Å². The number of rotatable bonds is 7. The Morgan fingerprint density at radius 1 is 1.33 bits per heavy atom. The van der Waals surface area contributed by atoms with Crippen molar-refractivity contribution in [3.63, 3.8) is 0 Å². The first-order valence-corrected chi connectivity index (χ1v) is 8.75. The zero-order chi connectivity index (χ0) is 15.1. The van der Waals surface area contributed by atoms with Crippen LogP contribution in [0, 0.1) is 11.3 Å². The third kappa shape index (κ3) is 4.42. The molecule has 3 unspecified atom stereocenters. The Morgan fingerprint density at radius 2 is 2.19 bits per heavy atom. The van der Waals surface area contributed by atoms with Crippen molar-refractivity contribution in [2.24, 2.45) is 0 Å². The van der Waals surface area contributed by atoms with Crippen molar-refractivity contribution in [2.75, 3.05) is 26.2 Å². The first-order valence-electron chi connectivity index (χ1n) is 8.75. The number of nitrogens with zero attached hydrogens (tertiary/aromatic N) is 2. The van der Waals surface area contributed by atoms with Gasteiger partial charge in [-0.25, -0.2) is 0 Å². The molecule has 1 aliphatic heterocycles. The van der Waals surface area contributed by atoms with E-state index >= 15 is 0 Å². The molecule has 0 aromatic carbocycles. The predicted molar refractivity (Wildman–Crippen MR) is 85.1 cm³/mol. The molecule has 1 saturated carbocycles. The van der Waals surface area contributed by atoms with Crippen LogP contribution in [0.4, 0.5) is 0 Å². The molecule has 0 amide bonds. The summed E-state index contributed by atoms with van der Waals surface area (Å²) in [5, 5.41) is 13.2. The summed E-state index contributed by atoms with van der Waals surface area (Å²) in [6, 6.07) is 3.11. The molecule has 3 atom stereocenters. The van der Waals surface area contributed by atoms with Gasteiger partial charge in [-0.15, -0.1) is 0 Å². The van der Waals surface area contributed by atoms with E-state index in [1.54, 1.807) is 0 Å². The quantitative estimate of drug-likeness (QED) is 0.784. The molecule has 1 aliphatic carbocycles. The highest BCUT2D eigenvalue weighted by Gasteiger charge is 2.38. The average molecular weight is 293 g/mol. The standard InChI is InChI=1S/C17H31N3O/c1-3-10-19-17(14-18)9-5-7-15(12-17)20(4-2)13-16-8-6-11-21-16/h15-16,19H,3-13H2,1-2H3. The summed E-state index contributed by atoms with van der Waals surface area (Å²) in [7, 11) is 0. The van der Waals surface area contributed by atoms with E-state index in [0.717, 1.165) is 51.9 Å². The summed E-state index contributed by atoms with van der Waals surface area (Å²) >= 11 is 0. The summed E-state index contributed by atoms with van der Waals surface area (Å²) in [5.41, 5.74) is -0.303. The second kappa shape index (κ2) is 8.12. The lowest BCUT2D eigenvalue weighted by atomic mass is 9.79. The van der Waals surface area contributed by atoms with Gasteiger partial charge in [0.1, 0.15) is 5.54 Å². The largest absolute Gasteiger partial charge is 0.377 e. The minimum absolute atomic E-state index is 0.303. The van der Waals surface area contributed by atoms with E-state index in [-0.39, 0.29) is 5.54 Å². The summed E-state index contributed by atoms with van der Waals surface area (Å²) < 4.78 is 5.80. The molecular formula is C17H31N3O. The highest BCUT2D eigenvalue weighted by molar-refractivity contribution is 5.11. The van der Waals surface area contributed by atoms with Gasteiger partial charge in [0.15, 0.2) is 0 Å². The molecular weight excluding hydrogens is 262 g/mol. The molecule has 2 aliphatic rings. The molecule has 2 fully saturated rings. The van der Waals surface area contributed by atoms with Crippen molar-refractivity contribution in [3.8, 4) is 6.07 Å². The smallest absolute Gasteiger partial charge is 0.108 e. The van der Waals surface area contributed by atoms with Gasteiger partial charge in [0.25, 0.3) is 0 Å². The van der Waals surface area contributed by atoms with Crippen molar-refractivity contribution >= 4 is 0 Å². The molecule has 0 spiro atoms. The molecule has 0 bridgehead atoms. The van der Waals surface area contributed by atoms with Crippen LogP contribution in [0.3, 0.4) is 0 Å². The van der Waals surface area contributed by atoms with Crippen LogP contribution in [0.5, 0.6) is 0 Å². The maximum Gasteiger partial charge on any atom is 0.108 e. The Balaban J connectivity index is 1.95. The third-order valence-corrected chi connectivity index (χ3v) is 5.04. The first kappa shape index (κ1) is 16.7. The van der Waals surface area contributed by atoms with E-state index < -0.39 is 0 Å². The lowest BCUT2D eigenvalue weighted by molar-refractivity contribution is 0.0427. The predicted octanol–water partition coefficient (Wildman–Crippen LogP) is 2.69. The maximum absolute atomic E-state index is 9.67. The Bertz CT molecular complexity index is 348. The minimum atomic E-state index is -0.303. The van der Waals surface area contributed by atoms with Crippen LogP contribution in [0.1, 0.15) is 58.8 Å². The minimum Gasteiger partial charge on any atom is -0.377 e. The summed E-state index contributed by atoms with van der Waals surface area (Å²) in [5.74, 6) is 0. The average Bonchev–Trinajstić information content (AvgIpc) is 3.04. The monoisotopic (exact) mass is 293 g/mol. The molecule has 4 nitrogen and oxygen atoms in total. The van der Waals surface area contributed by atoms with Crippen molar-refractivity contribution in [1.29, 1.82) is 5.26 Å². The summed E-state index contributed by atoms with van der Waals surface area (Å²) in [4.78, 5) is 2.55. The summed E-state index contributed by atoms with van der Waals surface area (Å²) in [6.07, 6.45) is 8.22. The van der Waals surface area contributed by atoms with E-state index in [1.807, 2.05) is 0 Å². The van der Waals surface area contributed by atoms with Gasteiger partial charge >= 0.3 is 0 Å². The van der Waals surface area contributed by atoms with Gasteiger partial charge in [0, 0.05) is 19.2 Å². The molecule has 2 rings (SSSR count). The lowest BCUT2D eigenvalue weighted by Gasteiger charge is -2.42. The van der Waals surface area contributed by atoms with Gasteiger partial charge < -0.3 is 4.74 Å². The number of hydrogen-bond donors (Lipinski definition) is 1. The van der Waals surface area contributed by atoms with Crippen LogP contribution in [0.2, 0.25) is 0 Å². The molecule has 4 heteroatoms. The fourth-order valence-corrected chi connectivity index (χ4v) is 3.81. The Kier molecular flexibility index (Phi) is 6.47. The molecule has 0 aromatic heterocycles. The number of likely N-dealkylation sites (N-methyl/N-ethyl adjacent to an activating group) is 1. The van der Waals surface area contributed by atoms with E-state index in [9.17, 15) is 5.26 Å². The van der Waals surface area contributed by atoms with Crippen molar-refractivity contribution in [2.45, 2.75) is 76.5 Å². The van der Waals surface area contributed by atoms with E-state index in [4.69, 9.17) is 4.74 Å². The highest BCUT2D eigenvalue weighted by atomic mass is 16.5. The normalized spacial score (nSPS) is 33.2. The van der Waals surface area contributed by atoms with E-state index in [1.165, 1.54) is 19.3 Å². The van der Waals surface area contributed by atoms with Crippen LogP contribution in [-0.2, 0) is 4.74 Å². The van der Waals surface area contributed by atoms with Crippen LogP contribution < -0.4 is 5.32 Å². The van der Waals surface area contributed by atoms with Gasteiger partial charge in [-0.3, -0.25) is 10.2 Å². The molecule has 21 heavy (non-hydrogen) atoms. The molecule has 1 saturated heterocycles. The number of nitrogens with one attached hydrogen (secondary N) is 1. The number of hydrogen-bond acceptors (Lipinski definition) is 4. The maximum atomic E-state index is 9.67. The van der Waals surface area contributed by atoms with Crippen LogP contribution in [-0.4, -0.2) is 48.8 Å². The number of ether oxygens (including phenoxy) is 1. The molecule has 0 radical (unpaired) electrons. The zero-order valence-electron chi connectivity index (χ0n) is 13.7. The lowest BCUT2D eigenvalue weighted by Crippen LogP contribution is -2.53. The second-order valence-corrected chi connectivity index (χ2v) is 6.59. The zero-order valence-corrected chi connectivity index (χ0v) is 13.7. The topological polar surface area (TPSA) is 48.3 Å². The van der Waals surface area contributed by atoms with Crippen molar-refractivity contribution in [1.82, 2.24) is 10.2 Å². The molecule has 0 aromatic rings. The number of nitriles is 1.